The van der Waals surface area contributed by atoms with Crippen molar-refractivity contribution in [1.29, 1.82) is 0 Å². The van der Waals surface area contributed by atoms with Crippen molar-refractivity contribution in [3.05, 3.63) is 65.2 Å². The molecule has 0 saturated heterocycles. The lowest BCUT2D eigenvalue weighted by atomic mass is 9.98. The molecule has 3 amide bonds. The smallest absolute Gasteiger partial charge is 0.408 e. The Hall–Kier alpha value is -3.55. The van der Waals surface area contributed by atoms with Crippen molar-refractivity contribution in [3.63, 3.8) is 0 Å². The van der Waals surface area contributed by atoms with Crippen molar-refractivity contribution < 1.29 is 24.2 Å². The summed E-state index contributed by atoms with van der Waals surface area (Å²) < 4.78 is 5.50. The van der Waals surface area contributed by atoms with Crippen LogP contribution >= 0.6 is 0 Å². The minimum absolute atomic E-state index is 0.0493. The SMILES string of the molecule is CCCC(C)NC(=O)C(c1ccc(C)cc1)N(C(=O)C(Cc1ccc(O)cc1)NC(=O)OC(C)(C)C)C1CC1C. The van der Waals surface area contributed by atoms with Crippen LogP contribution in [0.3, 0.4) is 0 Å². The molecule has 5 atom stereocenters. The van der Waals surface area contributed by atoms with E-state index in [-0.39, 0.29) is 42.0 Å². The molecule has 2 aromatic carbocycles. The molecule has 1 aliphatic carbocycles. The summed E-state index contributed by atoms with van der Waals surface area (Å²) in [5.74, 6) is -0.263. The van der Waals surface area contributed by atoms with Crippen molar-refractivity contribution in [1.82, 2.24) is 15.5 Å². The van der Waals surface area contributed by atoms with E-state index in [4.69, 9.17) is 4.74 Å². The van der Waals surface area contributed by atoms with E-state index >= 15 is 0 Å². The van der Waals surface area contributed by atoms with Crippen LogP contribution in [0.1, 0.15) is 83.5 Å². The molecule has 0 bridgehead atoms. The fourth-order valence-corrected chi connectivity index (χ4v) is 4.88. The van der Waals surface area contributed by atoms with Gasteiger partial charge in [0, 0.05) is 18.5 Å². The maximum atomic E-state index is 14.5. The standard InChI is InChI=1S/C32H45N3O5/c1-8-9-22(4)33-29(37)28(24-14-10-20(2)11-15-24)35(27-18-21(27)3)30(38)26(34-31(39)40-32(5,6)7)19-23-12-16-25(36)17-13-23/h10-17,21-22,26-28,36H,8-9,18-19H2,1-7H3,(H,33,37)(H,34,39). The lowest BCUT2D eigenvalue weighted by Gasteiger charge is -2.35. The van der Waals surface area contributed by atoms with Crippen LogP contribution in [0.2, 0.25) is 0 Å². The summed E-state index contributed by atoms with van der Waals surface area (Å²) >= 11 is 0. The third-order valence-corrected chi connectivity index (χ3v) is 7.07. The number of phenols is 1. The van der Waals surface area contributed by atoms with Crippen molar-refractivity contribution in [2.45, 2.75) is 104 Å². The van der Waals surface area contributed by atoms with Crippen LogP contribution in [0.4, 0.5) is 4.79 Å². The quantitative estimate of drug-likeness (QED) is 0.346. The number of aryl methyl sites for hydroxylation is 1. The minimum atomic E-state index is -0.985. The average Bonchev–Trinajstić information content (AvgIpc) is 3.58. The molecule has 40 heavy (non-hydrogen) atoms. The molecule has 218 valence electrons. The van der Waals surface area contributed by atoms with E-state index in [9.17, 15) is 19.5 Å². The third-order valence-electron chi connectivity index (χ3n) is 7.07. The highest BCUT2D eigenvalue weighted by molar-refractivity contribution is 5.93. The second kappa shape index (κ2) is 13.2. The van der Waals surface area contributed by atoms with Gasteiger partial charge in [0.15, 0.2) is 0 Å². The first-order valence-corrected chi connectivity index (χ1v) is 14.3. The molecular weight excluding hydrogens is 506 g/mol. The first-order valence-electron chi connectivity index (χ1n) is 14.3. The highest BCUT2D eigenvalue weighted by Gasteiger charge is 2.48. The lowest BCUT2D eigenvalue weighted by Crippen LogP contribution is -2.55. The molecule has 1 aliphatic rings. The normalized spacial score (nSPS) is 18.7. The van der Waals surface area contributed by atoms with Crippen molar-refractivity contribution in [3.8, 4) is 5.75 Å². The molecule has 0 radical (unpaired) electrons. The zero-order valence-corrected chi connectivity index (χ0v) is 24.9. The maximum Gasteiger partial charge on any atom is 0.408 e. The Morgan fingerprint density at radius 3 is 2.17 bits per heavy atom. The van der Waals surface area contributed by atoms with Crippen LogP contribution < -0.4 is 10.6 Å². The number of amides is 3. The van der Waals surface area contributed by atoms with Gasteiger partial charge in [0.25, 0.3) is 0 Å². The second-order valence-corrected chi connectivity index (χ2v) is 12.1. The number of carbonyl (C=O) groups is 3. The Labute approximate surface area is 238 Å². The molecule has 8 nitrogen and oxygen atoms in total. The number of benzene rings is 2. The van der Waals surface area contributed by atoms with Gasteiger partial charge in [0.05, 0.1) is 0 Å². The Morgan fingerprint density at radius 1 is 1.05 bits per heavy atom. The topological polar surface area (TPSA) is 108 Å². The molecule has 8 heteroatoms. The van der Waals surface area contributed by atoms with E-state index in [0.29, 0.717) is 0 Å². The van der Waals surface area contributed by atoms with Gasteiger partial charge < -0.3 is 25.4 Å². The molecule has 1 saturated carbocycles. The minimum Gasteiger partial charge on any atom is -0.508 e. The fourth-order valence-electron chi connectivity index (χ4n) is 4.88. The number of carbonyl (C=O) groups excluding carboxylic acids is 3. The lowest BCUT2D eigenvalue weighted by molar-refractivity contribution is -0.143. The molecule has 5 unspecified atom stereocenters. The van der Waals surface area contributed by atoms with Crippen LogP contribution in [-0.4, -0.2) is 51.6 Å². The zero-order valence-electron chi connectivity index (χ0n) is 24.9. The monoisotopic (exact) mass is 551 g/mol. The first-order chi connectivity index (χ1) is 18.8. The number of nitrogens with one attached hydrogen (secondary N) is 2. The van der Waals surface area contributed by atoms with Gasteiger partial charge in [0.2, 0.25) is 11.8 Å². The summed E-state index contributed by atoms with van der Waals surface area (Å²) in [5, 5.41) is 15.7. The van der Waals surface area contributed by atoms with Gasteiger partial charge in [-0.1, -0.05) is 62.2 Å². The Balaban J connectivity index is 2.03. The van der Waals surface area contributed by atoms with Crippen molar-refractivity contribution in [2.75, 3.05) is 0 Å². The Kier molecular flexibility index (Phi) is 10.2. The summed E-state index contributed by atoms with van der Waals surface area (Å²) in [5.41, 5.74) is 1.78. The molecule has 3 N–H and O–H groups in total. The van der Waals surface area contributed by atoms with Crippen molar-refractivity contribution >= 4 is 17.9 Å². The largest absolute Gasteiger partial charge is 0.508 e. The number of ether oxygens (including phenoxy) is 1. The summed E-state index contributed by atoms with van der Waals surface area (Å²) in [4.78, 5) is 42.9. The van der Waals surface area contributed by atoms with E-state index in [1.54, 1.807) is 49.9 Å². The van der Waals surface area contributed by atoms with Crippen LogP contribution in [0.5, 0.6) is 5.75 Å². The molecule has 0 spiro atoms. The molecule has 3 rings (SSSR count). The Bertz CT molecular complexity index is 1160. The fraction of sp³-hybridized carbons (Fsp3) is 0.531. The number of alkyl carbamates (subject to hydrolysis) is 1. The summed E-state index contributed by atoms with van der Waals surface area (Å²) in [6.45, 7) is 13.4. The predicted molar refractivity (Wildman–Crippen MR) is 156 cm³/mol. The maximum absolute atomic E-state index is 14.5. The summed E-state index contributed by atoms with van der Waals surface area (Å²) in [7, 11) is 0. The highest BCUT2D eigenvalue weighted by atomic mass is 16.6. The molecule has 0 heterocycles. The van der Waals surface area contributed by atoms with Crippen LogP contribution in [0.25, 0.3) is 0 Å². The first kappa shape index (κ1) is 31.0. The highest BCUT2D eigenvalue weighted by Crippen LogP contribution is 2.41. The molecule has 1 fully saturated rings. The molecular formula is C32H45N3O5. The molecule has 0 aromatic heterocycles. The van der Waals surface area contributed by atoms with Gasteiger partial charge in [-0.3, -0.25) is 9.59 Å². The van der Waals surface area contributed by atoms with Crippen molar-refractivity contribution in [2.24, 2.45) is 5.92 Å². The van der Waals surface area contributed by atoms with E-state index < -0.39 is 23.8 Å². The van der Waals surface area contributed by atoms with Gasteiger partial charge in [-0.15, -0.1) is 0 Å². The Morgan fingerprint density at radius 2 is 1.65 bits per heavy atom. The van der Waals surface area contributed by atoms with Gasteiger partial charge in [-0.25, -0.2) is 4.79 Å². The van der Waals surface area contributed by atoms with Gasteiger partial charge in [0.1, 0.15) is 23.4 Å². The number of aromatic hydroxyl groups is 1. The number of hydrogen-bond donors (Lipinski definition) is 3. The van der Waals surface area contributed by atoms with Gasteiger partial charge in [-0.2, -0.15) is 0 Å². The number of phenolic OH excluding ortho intramolecular Hbond substituents is 1. The number of nitrogens with zero attached hydrogens (tertiary/aromatic N) is 1. The predicted octanol–water partition coefficient (Wildman–Crippen LogP) is 5.42. The van der Waals surface area contributed by atoms with Gasteiger partial charge >= 0.3 is 6.09 Å². The average molecular weight is 552 g/mol. The van der Waals surface area contributed by atoms with E-state index in [2.05, 4.69) is 24.5 Å². The van der Waals surface area contributed by atoms with E-state index in [1.165, 1.54) is 0 Å². The molecule has 0 aliphatic heterocycles. The number of rotatable bonds is 11. The van der Waals surface area contributed by atoms with E-state index in [1.807, 2.05) is 38.1 Å². The summed E-state index contributed by atoms with van der Waals surface area (Å²) in [6.07, 6.45) is 1.98. The van der Waals surface area contributed by atoms with Crippen LogP contribution in [-0.2, 0) is 20.7 Å². The zero-order chi connectivity index (χ0) is 29.6. The number of hydrogen-bond acceptors (Lipinski definition) is 5. The van der Waals surface area contributed by atoms with Crippen LogP contribution in [0.15, 0.2) is 48.5 Å². The van der Waals surface area contributed by atoms with Crippen LogP contribution in [0, 0.1) is 12.8 Å². The second-order valence-electron chi connectivity index (χ2n) is 12.1. The molecule has 2 aromatic rings. The summed E-state index contributed by atoms with van der Waals surface area (Å²) in [6, 6.07) is 12.2. The third kappa shape index (κ3) is 8.73. The van der Waals surface area contributed by atoms with E-state index in [0.717, 1.165) is 36.0 Å². The van der Waals surface area contributed by atoms with Gasteiger partial charge in [-0.05, 0) is 76.6 Å².